The number of anilines is 1. The Hall–Kier alpha value is -0.620. The first-order valence-corrected chi connectivity index (χ1v) is 7.97. The zero-order chi connectivity index (χ0) is 11.9. The summed E-state index contributed by atoms with van der Waals surface area (Å²) in [6, 6.07) is 1.85. The minimum Gasteiger partial charge on any atom is -0.478 e. The summed E-state index contributed by atoms with van der Waals surface area (Å²) < 4.78 is 5.34. The highest BCUT2D eigenvalue weighted by Gasteiger charge is 2.14. The Labute approximate surface area is 110 Å². The van der Waals surface area contributed by atoms with E-state index in [1.54, 1.807) is 0 Å². The summed E-state index contributed by atoms with van der Waals surface area (Å²) in [4.78, 5) is 8.23. The van der Waals surface area contributed by atoms with Crippen LogP contribution in [0.4, 0.5) is 5.82 Å². The van der Waals surface area contributed by atoms with Gasteiger partial charge in [0.25, 0.3) is 0 Å². The molecule has 0 aromatic carbocycles. The number of hydrogen-bond donors (Lipinski definition) is 1. The molecular formula is C11H17N3OS2. The molecule has 0 radical (unpaired) electrons. The minimum atomic E-state index is 0.631. The van der Waals surface area contributed by atoms with Gasteiger partial charge in [0.2, 0.25) is 5.88 Å². The van der Waals surface area contributed by atoms with Gasteiger partial charge in [0.15, 0.2) is 0 Å². The van der Waals surface area contributed by atoms with Crippen molar-refractivity contribution in [1.29, 1.82) is 0 Å². The van der Waals surface area contributed by atoms with Crippen LogP contribution in [-0.2, 0) is 0 Å². The zero-order valence-corrected chi connectivity index (χ0v) is 11.5. The SMILES string of the molecule is CCOc1cc(NC[C@@H]2CSCCS2)ncn1. The smallest absolute Gasteiger partial charge is 0.218 e. The van der Waals surface area contributed by atoms with Crippen molar-refractivity contribution in [2.24, 2.45) is 0 Å². The van der Waals surface area contributed by atoms with E-state index in [-0.39, 0.29) is 0 Å². The number of ether oxygens (including phenoxy) is 1. The van der Waals surface area contributed by atoms with E-state index in [4.69, 9.17) is 4.74 Å². The summed E-state index contributed by atoms with van der Waals surface area (Å²) in [5, 5.41) is 4.03. The lowest BCUT2D eigenvalue weighted by molar-refractivity contribution is 0.326. The van der Waals surface area contributed by atoms with E-state index < -0.39 is 0 Å². The largest absolute Gasteiger partial charge is 0.478 e. The maximum Gasteiger partial charge on any atom is 0.218 e. The van der Waals surface area contributed by atoms with Gasteiger partial charge in [0, 0.05) is 35.1 Å². The first-order valence-electron chi connectivity index (χ1n) is 5.76. The fourth-order valence-corrected chi connectivity index (χ4v) is 4.15. The van der Waals surface area contributed by atoms with Gasteiger partial charge >= 0.3 is 0 Å². The first kappa shape index (κ1) is 12.8. The molecule has 0 saturated carbocycles. The molecule has 1 fully saturated rings. The van der Waals surface area contributed by atoms with Crippen molar-refractivity contribution in [3.63, 3.8) is 0 Å². The van der Waals surface area contributed by atoms with Gasteiger partial charge in [0.1, 0.15) is 12.1 Å². The van der Waals surface area contributed by atoms with E-state index in [2.05, 4.69) is 15.3 Å². The molecule has 1 aromatic rings. The molecule has 0 unspecified atom stereocenters. The predicted octanol–water partition coefficient (Wildman–Crippen LogP) is 2.14. The van der Waals surface area contributed by atoms with E-state index in [0.29, 0.717) is 17.7 Å². The Balaban J connectivity index is 1.83. The van der Waals surface area contributed by atoms with Crippen LogP contribution in [0.25, 0.3) is 0 Å². The molecule has 0 amide bonds. The van der Waals surface area contributed by atoms with Crippen LogP contribution in [0.5, 0.6) is 5.88 Å². The molecule has 0 bridgehead atoms. The van der Waals surface area contributed by atoms with Gasteiger partial charge in [-0.25, -0.2) is 9.97 Å². The third kappa shape index (κ3) is 4.27. The van der Waals surface area contributed by atoms with Gasteiger partial charge in [-0.2, -0.15) is 23.5 Å². The average molecular weight is 271 g/mol. The molecule has 1 aliphatic rings. The molecular weight excluding hydrogens is 254 g/mol. The Bertz CT molecular complexity index is 345. The highest BCUT2D eigenvalue weighted by atomic mass is 32.2. The van der Waals surface area contributed by atoms with Gasteiger partial charge in [-0.15, -0.1) is 0 Å². The van der Waals surface area contributed by atoms with Crippen molar-refractivity contribution < 1.29 is 4.74 Å². The molecule has 1 aliphatic heterocycles. The molecule has 2 heterocycles. The number of nitrogens with one attached hydrogen (secondary N) is 1. The molecule has 94 valence electrons. The van der Waals surface area contributed by atoms with Crippen LogP contribution >= 0.6 is 23.5 Å². The third-order valence-corrected chi connectivity index (χ3v) is 5.17. The van der Waals surface area contributed by atoms with Crippen molar-refractivity contribution >= 4 is 29.3 Å². The lowest BCUT2D eigenvalue weighted by atomic mass is 10.4. The number of hydrogen-bond acceptors (Lipinski definition) is 6. The second kappa shape index (κ2) is 6.96. The molecule has 1 saturated heterocycles. The van der Waals surface area contributed by atoms with Crippen LogP contribution < -0.4 is 10.1 Å². The fraction of sp³-hybridized carbons (Fsp3) is 0.636. The Kier molecular flexibility index (Phi) is 5.25. The quantitative estimate of drug-likeness (QED) is 0.885. The third-order valence-electron chi connectivity index (χ3n) is 2.33. The Morgan fingerprint density at radius 2 is 2.41 bits per heavy atom. The van der Waals surface area contributed by atoms with Gasteiger partial charge in [-0.05, 0) is 6.92 Å². The molecule has 1 atom stereocenters. The Morgan fingerprint density at radius 3 is 3.18 bits per heavy atom. The van der Waals surface area contributed by atoms with Crippen LogP contribution in [0.1, 0.15) is 6.92 Å². The summed E-state index contributed by atoms with van der Waals surface area (Å²) in [5.41, 5.74) is 0. The molecule has 0 aliphatic carbocycles. The summed E-state index contributed by atoms with van der Waals surface area (Å²) in [5.74, 6) is 5.24. The normalized spacial score (nSPS) is 19.9. The first-order chi connectivity index (χ1) is 8.38. The minimum absolute atomic E-state index is 0.631. The van der Waals surface area contributed by atoms with Gasteiger partial charge in [-0.3, -0.25) is 0 Å². The molecule has 1 N–H and O–H groups in total. The lowest BCUT2D eigenvalue weighted by Crippen LogP contribution is -2.23. The monoisotopic (exact) mass is 271 g/mol. The average Bonchev–Trinajstić information content (AvgIpc) is 2.39. The number of thioether (sulfide) groups is 2. The van der Waals surface area contributed by atoms with Crippen molar-refractivity contribution in [2.45, 2.75) is 12.2 Å². The van der Waals surface area contributed by atoms with Crippen LogP contribution in [0, 0.1) is 0 Å². The van der Waals surface area contributed by atoms with Crippen LogP contribution in [0.2, 0.25) is 0 Å². The van der Waals surface area contributed by atoms with Crippen LogP contribution in [0.15, 0.2) is 12.4 Å². The summed E-state index contributed by atoms with van der Waals surface area (Å²) in [7, 11) is 0. The van der Waals surface area contributed by atoms with E-state index in [1.807, 2.05) is 36.5 Å². The van der Waals surface area contributed by atoms with Crippen molar-refractivity contribution in [2.75, 3.05) is 35.7 Å². The van der Waals surface area contributed by atoms with Gasteiger partial charge in [0.05, 0.1) is 6.61 Å². The predicted molar refractivity (Wildman–Crippen MR) is 75.3 cm³/mol. The van der Waals surface area contributed by atoms with Gasteiger partial charge in [-0.1, -0.05) is 0 Å². The molecule has 6 heteroatoms. The number of rotatable bonds is 5. The van der Waals surface area contributed by atoms with Gasteiger partial charge < -0.3 is 10.1 Å². The topological polar surface area (TPSA) is 47.0 Å². The maximum atomic E-state index is 5.34. The summed E-state index contributed by atoms with van der Waals surface area (Å²) in [6.07, 6.45) is 1.54. The lowest BCUT2D eigenvalue weighted by Gasteiger charge is -2.21. The molecule has 17 heavy (non-hydrogen) atoms. The standard InChI is InChI=1S/C11H17N3OS2/c1-2-15-11-5-10(13-8-14-11)12-6-9-7-16-3-4-17-9/h5,8-9H,2-4,6-7H2,1H3,(H,12,13,14)/t9-/m1/s1. The Morgan fingerprint density at radius 1 is 1.47 bits per heavy atom. The molecule has 0 spiro atoms. The molecule has 2 rings (SSSR count). The van der Waals surface area contributed by atoms with E-state index >= 15 is 0 Å². The van der Waals surface area contributed by atoms with Crippen LogP contribution in [-0.4, -0.2) is 45.6 Å². The second-order valence-electron chi connectivity index (χ2n) is 3.62. The number of nitrogens with zero attached hydrogens (tertiary/aromatic N) is 2. The van der Waals surface area contributed by atoms with E-state index in [9.17, 15) is 0 Å². The highest BCUT2D eigenvalue weighted by molar-refractivity contribution is 8.06. The fourth-order valence-electron chi connectivity index (χ4n) is 1.54. The number of aromatic nitrogens is 2. The maximum absolute atomic E-state index is 5.34. The van der Waals surface area contributed by atoms with Crippen molar-refractivity contribution in [3.8, 4) is 5.88 Å². The van der Waals surface area contributed by atoms with Crippen molar-refractivity contribution in [3.05, 3.63) is 12.4 Å². The van der Waals surface area contributed by atoms with E-state index in [0.717, 1.165) is 12.4 Å². The summed E-state index contributed by atoms with van der Waals surface area (Å²) in [6.45, 7) is 3.54. The zero-order valence-electron chi connectivity index (χ0n) is 9.89. The molecule has 1 aromatic heterocycles. The van der Waals surface area contributed by atoms with E-state index in [1.165, 1.54) is 23.6 Å². The summed E-state index contributed by atoms with van der Waals surface area (Å²) >= 11 is 4.07. The van der Waals surface area contributed by atoms with Crippen LogP contribution in [0.3, 0.4) is 0 Å². The second-order valence-corrected chi connectivity index (χ2v) is 6.18. The van der Waals surface area contributed by atoms with Crippen molar-refractivity contribution in [1.82, 2.24) is 9.97 Å². The molecule has 4 nitrogen and oxygen atoms in total. The highest BCUT2D eigenvalue weighted by Crippen LogP contribution is 2.24.